The van der Waals surface area contributed by atoms with E-state index in [1.807, 2.05) is 75.4 Å². The number of aryl methyl sites for hydroxylation is 1. The normalized spacial score (nSPS) is 27.5. The highest BCUT2D eigenvalue weighted by Crippen LogP contribution is 2.47. The van der Waals surface area contributed by atoms with Crippen molar-refractivity contribution in [1.82, 2.24) is 5.32 Å². The van der Waals surface area contributed by atoms with E-state index in [9.17, 15) is 19.5 Å². The first-order chi connectivity index (χ1) is 15.3. The smallest absolute Gasteiger partial charge is 0.324 e. The summed E-state index contributed by atoms with van der Waals surface area (Å²) in [4.78, 5) is 41.1. The summed E-state index contributed by atoms with van der Waals surface area (Å²) in [6, 6.07) is 16.2. The van der Waals surface area contributed by atoms with Crippen molar-refractivity contribution in [3.63, 3.8) is 0 Å². The number of benzene rings is 2. The molecule has 0 spiro atoms. The van der Waals surface area contributed by atoms with Crippen molar-refractivity contribution in [3.05, 3.63) is 71.8 Å². The van der Waals surface area contributed by atoms with Gasteiger partial charge < -0.3 is 5.11 Å². The lowest BCUT2D eigenvalue weighted by Gasteiger charge is -2.32. The van der Waals surface area contributed by atoms with E-state index in [0.29, 0.717) is 5.69 Å². The predicted molar refractivity (Wildman–Crippen MR) is 123 cm³/mol. The third kappa shape index (κ3) is 3.54. The Balaban J connectivity index is 1.80. The van der Waals surface area contributed by atoms with E-state index < -0.39 is 35.3 Å². The molecule has 32 heavy (non-hydrogen) atoms. The van der Waals surface area contributed by atoms with Crippen molar-refractivity contribution in [1.29, 1.82) is 0 Å². The number of fused-ring (bicyclic) bond motifs is 1. The van der Waals surface area contributed by atoms with Crippen LogP contribution in [-0.4, -0.2) is 34.5 Å². The van der Waals surface area contributed by atoms with Crippen LogP contribution >= 0.6 is 0 Å². The van der Waals surface area contributed by atoms with Gasteiger partial charge in [0.25, 0.3) is 0 Å². The number of anilines is 1. The minimum Gasteiger partial charge on any atom is -0.480 e. The molecule has 2 aliphatic rings. The number of nitrogens with zero attached hydrogens (tertiary/aromatic N) is 1. The molecule has 2 fully saturated rings. The van der Waals surface area contributed by atoms with Crippen LogP contribution in [-0.2, 0) is 14.4 Å². The van der Waals surface area contributed by atoms with Crippen molar-refractivity contribution >= 4 is 29.5 Å². The van der Waals surface area contributed by atoms with Gasteiger partial charge in [0.05, 0.1) is 17.5 Å². The van der Waals surface area contributed by atoms with Crippen molar-refractivity contribution < 1.29 is 19.5 Å². The number of carboxylic acid groups (broad SMARTS) is 1. The molecule has 2 amide bonds. The SMILES string of the molecule is Cc1ccccc1N1C(=O)C2C(/C=C/c3ccccc3)NC(CC(C)C)(C(=O)O)C2C1=O. The average molecular weight is 433 g/mol. The van der Waals surface area contributed by atoms with Gasteiger partial charge >= 0.3 is 5.97 Å². The number of carboxylic acids is 1. The van der Waals surface area contributed by atoms with Gasteiger partial charge in [-0.1, -0.05) is 74.5 Å². The maximum atomic E-state index is 13.6. The molecule has 6 nitrogen and oxygen atoms in total. The van der Waals surface area contributed by atoms with Gasteiger partial charge in [-0.25, -0.2) is 4.90 Å². The first-order valence-corrected chi connectivity index (χ1v) is 10.9. The van der Waals surface area contributed by atoms with E-state index in [1.54, 1.807) is 12.1 Å². The van der Waals surface area contributed by atoms with Gasteiger partial charge in [0.2, 0.25) is 11.8 Å². The van der Waals surface area contributed by atoms with Crippen molar-refractivity contribution in [2.75, 3.05) is 4.90 Å². The molecule has 0 saturated carbocycles. The highest BCUT2D eigenvalue weighted by Gasteiger charge is 2.68. The second kappa shape index (κ2) is 8.36. The first kappa shape index (κ1) is 22.0. The van der Waals surface area contributed by atoms with Gasteiger partial charge in [0.1, 0.15) is 5.54 Å². The molecule has 0 aromatic heterocycles. The topological polar surface area (TPSA) is 86.7 Å². The number of para-hydroxylation sites is 1. The highest BCUT2D eigenvalue weighted by atomic mass is 16.4. The van der Waals surface area contributed by atoms with Crippen molar-refractivity contribution in [2.24, 2.45) is 17.8 Å². The number of hydrogen-bond donors (Lipinski definition) is 2. The molecule has 2 N–H and O–H groups in total. The number of carbonyl (C=O) groups is 3. The number of imide groups is 1. The van der Waals surface area contributed by atoms with Crippen LogP contribution in [0.4, 0.5) is 5.69 Å². The molecule has 0 aliphatic carbocycles. The lowest BCUT2D eigenvalue weighted by Crippen LogP contribution is -2.57. The van der Waals surface area contributed by atoms with Gasteiger partial charge in [-0.15, -0.1) is 0 Å². The zero-order valence-electron chi connectivity index (χ0n) is 18.5. The fraction of sp³-hybridized carbons (Fsp3) is 0.346. The maximum Gasteiger partial charge on any atom is 0.324 e. The van der Waals surface area contributed by atoms with Crippen LogP contribution in [0.5, 0.6) is 0 Å². The quantitative estimate of drug-likeness (QED) is 0.681. The van der Waals surface area contributed by atoms with Crippen LogP contribution in [0, 0.1) is 24.7 Å². The fourth-order valence-electron chi connectivity index (χ4n) is 5.16. The summed E-state index contributed by atoms with van der Waals surface area (Å²) in [5.41, 5.74) is 0.749. The van der Waals surface area contributed by atoms with Crippen LogP contribution < -0.4 is 10.2 Å². The minimum absolute atomic E-state index is 0.0199. The number of hydrogen-bond acceptors (Lipinski definition) is 4. The van der Waals surface area contributed by atoms with E-state index in [2.05, 4.69) is 5.32 Å². The molecule has 0 radical (unpaired) electrons. The zero-order chi connectivity index (χ0) is 23.0. The molecule has 2 aromatic rings. The molecule has 2 aliphatic heterocycles. The summed E-state index contributed by atoms with van der Waals surface area (Å²) in [5.74, 6) is -3.62. The Kier molecular flexibility index (Phi) is 5.73. The first-order valence-electron chi connectivity index (χ1n) is 10.9. The van der Waals surface area contributed by atoms with E-state index in [0.717, 1.165) is 11.1 Å². The maximum absolute atomic E-state index is 13.6. The molecule has 4 unspecified atom stereocenters. The third-order valence-corrected chi connectivity index (χ3v) is 6.46. The molecule has 0 bridgehead atoms. The summed E-state index contributed by atoms with van der Waals surface area (Å²) in [5, 5.41) is 13.5. The summed E-state index contributed by atoms with van der Waals surface area (Å²) >= 11 is 0. The van der Waals surface area contributed by atoms with Crippen LogP contribution in [0.3, 0.4) is 0 Å². The lowest BCUT2D eigenvalue weighted by molar-refractivity contribution is -0.149. The molecular formula is C26H28N2O4. The predicted octanol–water partition coefficient (Wildman–Crippen LogP) is 3.66. The highest BCUT2D eigenvalue weighted by molar-refractivity contribution is 6.24. The number of amides is 2. The van der Waals surface area contributed by atoms with Crippen molar-refractivity contribution in [2.45, 2.75) is 38.8 Å². The second-order valence-electron chi connectivity index (χ2n) is 9.12. The average Bonchev–Trinajstić information content (AvgIpc) is 3.22. The van der Waals surface area contributed by atoms with Crippen LogP contribution in [0.25, 0.3) is 6.08 Å². The van der Waals surface area contributed by atoms with Crippen LogP contribution in [0.1, 0.15) is 31.4 Å². The summed E-state index contributed by atoms with van der Waals surface area (Å²) in [6.07, 6.45) is 3.95. The molecular weight excluding hydrogens is 404 g/mol. The lowest BCUT2D eigenvalue weighted by atomic mass is 9.75. The molecule has 2 saturated heterocycles. The molecule has 166 valence electrons. The Morgan fingerprint density at radius 3 is 2.38 bits per heavy atom. The number of aliphatic carboxylic acids is 1. The van der Waals surface area contributed by atoms with Gasteiger partial charge in [-0.05, 0) is 36.5 Å². The zero-order valence-corrected chi connectivity index (χ0v) is 18.5. The second-order valence-corrected chi connectivity index (χ2v) is 9.12. The summed E-state index contributed by atoms with van der Waals surface area (Å²) < 4.78 is 0. The third-order valence-electron chi connectivity index (χ3n) is 6.46. The van der Waals surface area contributed by atoms with Crippen LogP contribution in [0.15, 0.2) is 60.7 Å². The summed E-state index contributed by atoms with van der Waals surface area (Å²) in [7, 11) is 0. The standard InChI is InChI=1S/C26H28N2O4/c1-16(2)15-26(25(31)32)22-21(19(27-26)14-13-18-10-5-4-6-11-18)23(29)28(24(22)30)20-12-8-7-9-17(20)3/h4-14,16,19,21-22,27H,15H2,1-3H3,(H,31,32)/b14-13+. The number of carbonyl (C=O) groups excluding carboxylic acids is 2. The molecule has 2 aromatic carbocycles. The molecule has 6 heteroatoms. The molecule has 4 atom stereocenters. The van der Waals surface area contributed by atoms with Gasteiger partial charge in [-0.2, -0.15) is 0 Å². The van der Waals surface area contributed by atoms with Gasteiger partial charge in [0, 0.05) is 6.04 Å². The Labute approximate surface area is 187 Å². The van der Waals surface area contributed by atoms with Gasteiger partial charge in [0.15, 0.2) is 0 Å². The fourth-order valence-corrected chi connectivity index (χ4v) is 5.16. The minimum atomic E-state index is -1.51. The Morgan fingerprint density at radius 2 is 1.75 bits per heavy atom. The Hall–Kier alpha value is -3.25. The van der Waals surface area contributed by atoms with E-state index in [-0.39, 0.29) is 18.2 Å². The van der Waals surface area contributed by atoms with Gasteiger partial charge in [-0.3, -0.25) is 19.7 Å². The van der Waals surface area contributed by atoms with E-state index in [1.165, 1.54) is 4.90 Å². The Morgan fingerprint density at radius 1 is 1.09 bits per heavy atom. The van der Waals surface area contributed by atoms with Crippen molar-refractivity contribution in [3.8, 4) is 0 Å². The van der Waals surface area contributed by atoms with Crippen LogP contribution in [0.2, 0.25) is 0 Å². The summed E-state index contributed by atoms with van der Waals surface area (Å²) in [6.45, 7) is 5.69. The molecule has 4 rings (SSSR count). The van der Waals surface area contributed by atoms with E-state index in [4.69, 9.17) is 0 Å². The van der Waals surface area contributed by atoms with E-state index >= 15 is 0 Å². The molecule has 2 heterocycles. The largest absolute Gasteiger partial charge is 0.480 e. The monoisotopic (exact) mass is 432 g/mol. The number of rotatable bonds is 6. The number of nitrogens with one attached hydrogen (secondary N) is 1. The Bertz CT molecular complexity index is 1080.